The summed E-state index contributed by atoms with van der Waals surface area (Å²) in [5, 5.41) is 9.18. The molecule has 39 heavy (non-hydrogen) atoms. The van der Waals surface area contributed by atoms with Gasteiger partial charge in [0.05, 0.1) is 0 Å². The Morgan fingerprint density at radius 1 is 0.923 bits per heavy atom. The molecule has 3 amide bonds. The minimum Gasteiger partial charge on any atom is -0.446 e. The maximum Gasteiger partial charge on any atom is 0.407 e. The Balaban J connectivity index is 1.23. The summed E-state index contributed by atoms with van der Waals surface area (Å²) < 4.78 is 11.2. The highest BCUT2D eigenvalue weighted by molar-refractivity contribution is 5.73. The summed E-state index contributed by atoms with van der Waals surface area (Å²) in [4.78, 5) is 37.3. The Kier molecular flexibility index (Phi) is 11.8. The predicted molar refractivity (Wildman–Crippen MR) is 152 cm³/mol. The molecule has 3 fully saturated rings. The van der Waals surface area contributed by atoms with E-state index in [1.807, 2.05) is 11.8 Å². The van der Waals surface area contributed by atoms with Crippen molar-refractivity contribution in [1.29, 1.82) is 0 Å². The number of alkyl carbamates (subject to hydrolysis) is 2. The molecule has 0 bridgehead atoms. The van der Waals surface area contributed by atoms with Crippen LogP contribution in [0.15, 0.2) is 0 Å². The number of hydrogen-bond acceptors (Lipinski definition) is 6. The number of carbonyl (C=O) groups excluding carboxylic acids is 3. The van der Waals surface area contributed by atoms with Crippen LogP contribution in [-0.2, 0) is 14.3 Å². The molecule has 1 aliphatic heterocycles. The summed E-state index contributed by atoms with van der Waals surface area (Å²) in [5.74, 6) is 2.50. The second-order valence-electron chi connectivity index (χ2n) is 13.0. The normalized spacial score (nSPS) is 31.0. The molecule has 0 aromatic heterocycles. The van der Waals surface area contributed by atoms with Crippen LogP contribution in [0.1, 0.15) is 98.8 Å². The van der Waals surface area contributed by atoms with E-state index in [0.717, 1.165) is 70.9 Å². The lowest BCUT2D eigenvalue weighted by molar-refractivity contribution is -0.127. The fourth-order valence-corrected chi connectivity index (χ4v) is 6.83. The fourth-order valence-electron chi connectivity index (χ4n) is 6.83. The summed E-state index contributed by atoms with van der Waals surface area (Å²) in [7, 11) is 1.58. The second kappa shape index (κ2) is 14.6. The summed E-state index contributed by atoms with van der Waals surface area (Å²) >= 11 is 0. The number of nitrogens with one attached hydrogen (secondary N) is 3. The van der Waals surface area contributed by atoms with Crippen LogP contribution in [0.4, 0.5) is 9.59 Å². The first-order chi connectivity index (χ1) is 18.5. The lowest BCUT2D eigenvalue weighted by Gasteiger charge is -2.46. The van der Waals surface area contributed by atoms with Crippen LogP contribution in [0.5, 0.6) is 0 Å². The van der Waals surface area contributed by atoms with Gasteiger partial charge in [0.25, 0.3) is 0 Å². The minimum absolute atomic E-state index is 0.0206. The number of carbonyl (C=O) groups is 3. The van der Waals surface area contributed by atoms with Crippen molar-refractivity contribution in [2.45, 2.75) is 123 Å². The number of likely N-dealkylation sites (tertiary alicyclic amines) is 1. The fraction of sp³-hybridized carbons (Fsp3) is 0.900. The Bertz CT molecular complexity index is 809. The van der Waals surface area contributed by atoms with Gasteiger partial charge in [0.15, 0.2) is 0 Å². The molecule has 4 unspecified atom stereocenters. The minimum atomic E-state index is -0.373. The first-order valence-corrected chi connectivity index (χ1v) is 15.3. The first-order valence-electron chi connectivity index (χ1n) is 15.3. The SMILES string of the molecule is CNC(=O)O[C@]1(C)C[C@H](C(C)CCNC(=O)OC2CCC(C(C)CCC(C)NC3CCN(C(C)=O)C3)CC2)C1. The van der Waals surface area contributed by atoms with E-state index in [1.54, 1.807) is 14.0 Å². The molecular weight excluding hydrogens is 496 g/mol. The van der Waals surface area contributed by atoms with Gasteiger partial charge in [0, 0.05) is 45.7 Å². The summed E-state index contributed by atoms with van der Waals surface area (Å²) in [6, 6.07) is 0.880. The summed E-state index contributed by atoms with van der Waals surface area (Å²) in [6.45, 7) is 12.8. The maximum atomic E-state index is 12.4. The molecule has 3 rings (SSSR count). The molecule has 1 heterocycles. The number of hydrogen-bond donors (Lipinski definition) is 3. The Morgan fingerprint density at radius 2 is 1.59 bits per heavy atom. The third kappa shape index (κ3) is 9.83. The number of ether oxygens (including phenoxy) is 2. The van der Waals surface area contributed by atoms with Crippen molar-refractivity contribution in [2.75, 3.05) is 26.7 Å². The topological polar surface area (TPSA) is 109 Å². The average Bonchev–Trinajstić information content (AvgIpc) is 3.34. The first kappa shape index (κ1) is 31.5. The van der Waals surface area contributed by atoms with E-state index < -0.39 is 0 Å². The Hall–Kier alpha value is -2.03. The molecule has 9 heteroatoms. The molecule has 224 valence electrons. The summed E-state index contributed by atoms with van der Waals surface area (Å²) in [5.41, 5.74) is -0.369. The van der Waals surface area contributed by atoms with Gasteiger partial charge in [-0.2, -0.15) is 0 Å². The van der Waals surface area contributed by atoms with Crippen LogP contribution in [-0.4, -0.2) is 73.5 Å². The van der Waals surface area contributed by atoms with Crippen molar-refractivity contribution in [3.05, 3.63) is 0 Å². The molecule has 3 N–H and O–H groups in total. The second-order valence-corrected chi connectivity index (χ2v) is 13.0. The lowest BCUT2D eigenvalue weighted by Crippen LogP contribution is -2.48. The molecule has 0 radical (unpaired) electrons. The molecule has 2 aliphatic carbocycles. The third-order valence-electron chi connectivity index (χ3n) is 9.61. The van der Waals surface area contributed by atoms with Crippen molar-refractivity contribution in [3.63, 3.8) is 0 Å². The van der Waals surface area contributed by atoms with E-state index >= 15 is 0 Å². The predicted octanol–water partition coefficient (Wildman–Crippen LogP) is 4.84. The van der Waals surface area contributed by atoms with Crippen molar-refractivity contribution in [2.24, 2.45) is 23.7 Å². The van der Waals surface area contributed by atoms with Crippen molar-refractivity contribution < 1.29 is 23.9 Å². The van der Waals surface area contributed by atoms with Crippen LogP contribution in [0.2, 0.25) is 0 Å². The molecule has 9 nitrogen and oxygen atoms in total. The van der Waals surface area contributed by atoms with Gasteiger partial charge in [-0.05, 0) is 102 Å². The van der Waals surface area contributed by atoms with Crippen molar-refractivity contribution in [1.82, 2.24) is 20.9 Å². The van der Waals surface area contributed by atoms with Crippen molar-refractivity contribution in [3.8, 4) is 0 Å². The molecule has 4 atom stereocenters. The Morgan fingerprint density at radius 3 is 2.21 bits per heavy atom. The van der Waals surface area contributed by atoms with Crippen LogP contribution < -0.4 is 16.0 Å². The quantitative estimate of drug-likeness (QED) is 0.321. The zero-order chi connectivity index (χ0) is 28.6. The van der Waals surface area contributed by atoms with Gasteiger partial charge in [-0.3, -0.25) is 4.79 Å². The van der Waals surface area contributed by atoms with E-state index in [1.165, 1.54) is 6.42 Å². The van der Waals surface area contributed by atoms with Gasteiger partial charge in [0.2, 0.25) is 5.91 Å². The monoisotopic (exact) mass is 550 g/mol. The molecule has 3 aliphatic rings. The third-order valence-corrected chi connectivity index (χ3v) is 9.61. The molecular formula is C30H54N4O5. The van der Waals surface area contributed by atoms with Gasteiger partial charge < -0.3 is 30.3 Å². The van der Waals surface area contributed by atoms with Gasteiger partial charge in [-0.1, -0.05) is 13.8 Å². The largest absolute Gasteiger partial charge is 0.446 e. The number of rotatable bonds is 12. The average molecular weight is 551 g/mol. The zero-order valence-electron chi connectivity index (χ0n) is 25.2. The molecule has 0 aromatic carbocycles. The van der Waals surface area contributed by atoms with E-state index in [9.17, 15) is 14.4 Å². The van der Waals surface area contributed by atoms with Gasteiger partial charge >= 0.3 is 12.2 Å². The standard InChI is InChI=1S/C30H54N4O5/c1-20(7-8-22(3)33-26-14-16-34(19-26)23(4)35)24-9-11-27(12-10-24)38-29(37)32-15-13-21(2)25-17-30(5,18-25)39-28(36)31-6/h20-22,24-27,33H,7-19H2,1-6H3,(H,31,36)(H,32,37)/t20?,21?,22?,24?,25-,26?,27?,30+. The molecule has 0 aromatic rings. The highest BCUT2D eigenvalue weighted by atomic mass is 16.6. The van der Waals surface area contributed by atoms with E-state index in [2.05, 4.69) is 36.7 Å². The maximum absolute atomic E-state index is 12.4. The lowest BCUT2D eigenvalue weighted by atomic mass is 9.66. The zero-order valence-corrected chi connectivity index (χ0v) is 25.2. The smallest absolute Gasteiger partial charge is 0.407 e. The van der Waals surface area contributed by atoms with Crippen molar-refractivity contribution >= 4 is 18.1 Å². The van der Waals surface area contributed by atoms with E-state index in [-0.39, 0.29) is 29.8 Å². The van der Waals surface area contributed by atoms with E-state index in [0.29, 0.717) is 42.3 Å². The van der Waals surface area contributed by atoms with Gasteiger partial charge in [-0.15, -0.1) is 0 Å². The summed E-state index contributed by atoms with van der Waals surface area (Å²) in [6.07, 6.45) is 9.50. The molecule has 1 saturated heterocycles. The highest BCUT2D eigenvalue weighted by Crippen LogP contribution is 2.45. The molecule has 2 saturated carbocycles. The molecule has 0 spiro atoms. The van der Waals surface area contributed by atoms with Crippen LogP contribution >= 0.6 is 0 Å². The number of nitrogens with zero attached hydrogens (tertiary/aromatic N) is 1. The van der Waals surface area contributed by atoms with Crippen LogP contribution in [0, 0.1) is 23.7 Å². The van der Waals surface area contributed by atoms with Crippen LogP contribution in [0.3, 0.4) is 0 Å². The number of amides is 3. The Labute approximate surface area is 235 Å². The van der Waals surface area contributed by atoms with Gasteiger partial charge in [0.1, 0.15) is 11.7 Å². The van der Waals surface area contributed by atoms with Crippen LogP contribution in [0.25, 0.3) is 0 Å². The highest BCUT2D eigenvalue weighted by Gasteiger charge is 2.45. The van der Waals surface area contributed by atoms with Gasteiger partial charge in [-0.25, -0.2) is 9.59 Å². The van der Waals surface area contributed by atoms with E-state index in [4.69, 9.17) is 9.47 Å².